The van der Waals surface area contributed by atoms with Crippen molar-refractivity contribution in [2.45, 2.75) is 13.0 Å². The van der Waals surface area contributed by atoms with E-state index in [1.165, 1.54) is 6.33 Å². The molecular formula is C22H24N5O6P. The lowest BCUT2D eigenvalue weighted by atomic mass is 10.1. The molecule has 4 N–H and O–H groups in total. The number of hydrogen-bond donors (Lipinski definition) is 3. The van der Waals surface area contributed by atoms with Crippen LogP contribution in [0.25, 0.3) is 11.2 Å². The summed E-state index contributed by atoms with van der Waals surface area (Å²) in [6.45, 7) is 0.0278. The summed E-state index contributed by atoms with van der Waals surface area (Å²) in [4.78, 5) is 22.5. The minimum atomic E-state index is -4.07. The Labute approximate surface area is 194 Å². The number of hydrogen-bond acceptors (Lipinski definition) is 9. The lowest BCUT2D eigenvalue weighted by molar-refractivity contribution is 0.127. The van der Waals surface area contributed by atoms with E-state index in [0.29, 0.717) is 30.1 Å². The third-order valence-corrected chi connectivity index (χ3v) is 6.25. The number of fused-ring (bicyclic) bond motifs is 1. The van der Waals surface area contributed by atoms with Gasteiger partial charge < -0.3 is 24.5 Å². The molecule has 0 aliphatic rings. The van der Waals surface area contributed by atoms with Crippen molar-refractivity contribution in [3.05, 3.63) is 77.3 Å². The lowest BCUT2D eigenvalue weighted by Gasteiger charge is -2.21. The molecule has 2 heterocycles. The van der Waals surface area contributed by atoms with Crippen LogP contribution in [0.5, 0.6) is 11.5 Å². The number of para-hydroxylation sites is 2. The van der Waals surface area contributed by atoms with Crippen LogP contribution in [0.15, 0.2) is 71.8 Å². The van der Waals surface area contributed by atoms with Gasteiger partial charge in [0.2, 0.25) is 5.95 Å². The van der Waals surface area contributed by atoms with Crippen LogP contribution < -0.4 is 20.3 Å². The van der Waals surface area contributed by atoms with E-state index in [9.17, 15) is 14.5 Å². The molecule has 0 bridgehead atoms. The standard InChI is InChI=1S/C22H24N5O6P/c23-22-25-20-19(21(29)26-22)24-15-27(20)12-11-16(13-28)14-31-34(30,32-17-7-3-1-4-8-17)33-18-9-5-2-6-10-18/h1-10,15-16,28H,11-14H2,(H3,23,25,26,29). The van der Waals surface area contributed by atoms with Crippen LogP contribution in [0, 0.1) is 5.92 Å². The molecule has 11 nitrogen and oxygen atoms in total. The van der Waals surface area contributed by atoms with E-state index >= 15 is 0 Å². The number of nitrogen functional groups attached to an aromatic ring is 1. The summed E-state index contributed by atoms with van der Waals surface area (Å²) in [5.74, 6) is 0.212. The molecule has 1 atom stereocenters. The van der Waals surface area contributed by atoms with Crippen molar-refractivity contribution in [3.8, 4) is 11.5 Å². The summed E-state index contributed by atoms with van der Waals surface area (Å²) in [5, 5.41) is 9.87. The predicted octanol–water partition coefficient (Wildman–Crippen LogP) is 2.98. The van der Waals surface area contributed by atoms with Gasteiger partial charge in [0.25, 0.3) is 5.56 Å². The molecular weight excluding hydrogens is 461 g/mol. The number of aromatic amines is 1. The zero-order chi connectivity index (χ0) is 24.0. The Bertz CT molecular complexity index is 1280. The zero-order valence-electron chi connectivity index (χ0n) is 18.1. The average molecular weight is 485 g/mol. The van der Waals surface area contributed by atoms with E-state index < -0.39 is 19.3 Å². The number of aliphatic hydroxyl groups is 1. The molecule has 12 heteroatoms. The minimum absolute atomic E-state index is 0.0154. The van der Waals surface area contributed by atoms with Crippen molar-refractivity contribution in [1.82, 2.24) is 19.5 Å². The first-order valence-corrected chi connectivity index (χ1v) is 12.0. The number of nitrogens with zero attached hydrogens (tertiary/aromatic N) is 3. The monoisotopic (exact) mass is 485 g/mol. The molecule has 4 rings (SSSR count). The summed E-state index contributed by atoms with van der Waals surface area (Å²) in [6.07, 6.45) is 1.89. The summed E-state index contributed by atoms with van der Waals surface area (Å²) in [7, 11) is -4.07. The molecule has 0 aliphatic heterocycles. The number of phosphoric acid groups is 1. The van der Waals surface area contributed by atoms with Gasteiger partial charge in [0.15, 0.2) is 11.2 Å². The van der Waals surface area contributed by atoms with Gasteiger partial charge in [-0.15, -0.1) is 0 Å². The van der Waals surface area contributed by atoms with E-state index in [-0.39, 0.29) is 24.7 Å². The summed E-state index contributed by atoms with van der Waals surface area (Å²) in [5.41, 5.74) is 5.71. The summed E-state index contributed by atoms with van der Waals surface area (Å²) < 4.78 is 31.9. The Morgan fingerprint density at radius 1 is 1.06 bits per heavy atom. The number of nitrogens with one attached hydrogen (secondary N) is 1. The van der Waals surface area contributed by atoms with Gasteiger partial charge in [0, 0.05) is 19.1 Å². The van der Waals surface area contributed by atoms with E-state index in [2.05, 4.69) is 15.0 Å². The molecule has 1 unspecified atom stereocenters. The number of rotatable bonds is 11. The summed E-state index contributed by atoms with van der Waals surface area (Å²) >= 11 is 0. The number of phosphoric ester groups is 1. The molecule has 0 spiro atoms. The highest BCUT2D eigenvalue weighted by Crippen LogP contribution is 2.49. The highest BCUT2D eigenvalue weighted by molar-refractivity contribution is 7.49. The normalized spacial score (nSPS) is 12.5. The Morgan fingerprint density at radius 2 is 1.68 bits per heavy atom. The first-order chi connectivity index (χ1) is 16.5. The van der Waals surface area contributed by atoms with Gasteiger partial charge in [-0.1, -0.05) is 36.4 Å². The number of imidazole rings is 1. The fourth-order valence-electron chi connectivity index (χ4n) is 3.17. The van der Waals surface area contributed by atoms with Crippen LogP contribution in [0.1, 0.15) is 6.42 Å². The second kappa shape index (κ2) is 10.5. The van der Waals surface area contributed by atoms with Crippen LogP contribution in [-0.2, 0) is 15.6 Å². The number of nitrogens with two attached hydrogens (primary N) is 1. The zero-order valence-corrected chi connectivity index (χ0v) is 19.0. The van der Waals surface area contributed by atoms with Gasteiger partial charge in [0.1, 0.15) is 11.5 Å². The second-order valence-electron chi connectivity index (χ2n) is 7.45. The number of benzene rings is 2. The van der Waals surface area contributed by atoms with Crippen molar-refractivity contribution >= 4 is 24.9 Å². The fraction of sp³-hybridized carbons (Fsp3) is 0.227. The molecule has 0 saturated heterocycles. The Balaban J connectivity index is 1.45. The van der Waals surface area contributed by atoms with Gasteiger partial charge in [-0.3, -0.25) is 14.3 Å². The first-order valence-electron chi connectivity index (χ1n) is 10.5. The number of aliphatic hydroxyl groups excluding tert-OH is 1. The third kappa shape index (κ3) is 5.82. The Kier molecular flexibility index (Phi) is 7.27. The maximum Gasteiger partial charge on any atom is 0.587 e. The number of aromatic nitrogens is 4. The SMILES string of the molecule is Nc1nc2c(ncn2CCC(CO)COP(=O)(Oc2ccccc2)Oc2ccccc2)c(=O)[nH]1. The molecule has 0 amide bonds. The second-order valence-corrected chi connectivity index (χ2v) is 8.97. The molecule has 2 aromatic heterocycles. The first kappa shape index (κ1) is 23.5. The molecule has 0 saturated carbocycles. The molecule has 2 aromatic carbocycles. The minimum Gasteiger partial charge on any atom is -0.396 e. The van der Waals surface area contributed by atoms with Gasteiger partial charge in [-0.05, 0) is 30.7 Å². The van der Waals surface area contributed by atoms with Gasteiger partial charge in [-0.25, -0.2) is 9.55 Å². The van der Waals surface area contributed by atoms with Gasteiger partial charge >= 0.3 is 7.82 Å². The van der Waals surface area contributed by atoms with Crippen LogP contribution in [0.2, 0.25) is 0 Å². The molecule has 34 heavy (non-hydrogen) atoms. The van der Waals surface area contributed by atoms with Crippen LogP contribution in [0.4, 0.5) is 5.95 Å². The van der Waals surface area contributed by atoms with E-state index in [0.717, 1.165) is 0 Å². The third-order valence-electron chi connectivity index (χ3n) is 4.92. The Morgan fingerprint density at radius 3 is 2.26 bits per heavy atom. The quantitative estimate of drug-likeness (QED) is 0.272. The number of aryl methyl sites for hydroxylation is 1. The lowest BCUT2D eigenvalue weighted by Crippen LogP contribution is -2.18. The van der Waals surface area contributed by atoms with Crippen molar-refractivity contribution in [1.29, 1.82) is 0 Å². The maximum absolute atomic E-state index is 13.4. The predicted molar refractivity (Wildman–Crippen MR) is 125 cm³/mol. The largest absolute Gasteiger partial charge is 0.587 e. The summed E-state index contributed by atoms with van der Waals surface area (Å²) in [6, 6.07) is 17.1. The van der Waals surface area contributed by atoms with Gasteiger partial charge in [-0.2, -0.15) is 4.98 Å². The highest BCUT2D eigenvalue weighted by Gasteiger charge is 2.32. The molecule has 178 valence electrons. The molecule has 4 aromatic rings. The van der Waals surface area contributed by atoms with Crippen LogP contribution in [-0.4, -0.2) is 37.8 Å². The maximum atomic E-state index is 13.4. The number of H-pyrrole nitrogens is 1. The molecule has 0 fully saturated rings. The van der Waals surface area contributed by atoms with Crippen molar-refractivity contribution < 1.29 is 23.2 Å². The highest BCUT2D eigenvalue weighted by atomic mass is 31.2. The van der Waals surface area contributed by atoms with Crippen molar-refractivity contribution in [3.63, 3.8) is 0 Å². The average Bonchev–Trinajstić information content (AvgIpc) is 3.23. The van der Waals surface area contributed by atoms with Crippen molar-refractivity contribution in [2.24, 2.45) is 5.92 Å². The molecule has 0 radical (unpaired) electrons. The smallest absolute Gasteiger partial charge is 0.396 e. The number of anilines is 1. The van der Waals surface area contributed by atoms with Crippen LogP contribution >= 0.6 is 7.82 Å². The Hall–Kier alpha value is -3.66. The van der Waals surface area contributed by atoms with Crippen molar-refractivity contribution in [2.75, 3.05) is 18.9 Å². The topological polar surface area (TPSA) is 155 Å². The van der Waals surface area contributed by atoms with E-state index in [1.807, 2.05) is 0 Å². The van der Waals surface area contributed by atoms with Gasteiger partial charge in [0.05, 0.1) is 12.9 Å². The van der Waals surface area contributed by atoms with E-state index in [1.54, 1.807) is 65.2 Å². The van der Waals surface area contributed by atoms with Crippen LogP contribution in [0.3, 0.4) is 0 Å². The van der Waals surface area contributed by atoms with E-state index in [4.69, 9.17) is 19.3 Å². The fourth-order valence-corrected chi connectivity index (χ4v) is 4.47. The molecule has 0 aliphatic carbocycles.